The maximum atomic E-state index is 11.9. The highest BCUT2D eigenvalue weighted by Crippen LogP contribution is 2.49. The number of hydrogen-bond acceptors (Lipinski definition) is 2. The molecule has 0 heterocycles. The molecular weight excluding hydrogens is 242 g/mol. The van der Waals surface area contributed by atoms with Crippen molar-refractivity contribution < 1.29 is 14.7 Å². The van der Waals surface area contributed by atoms with Crippen LogP contribution in [0, 0.1) is 23.7 Å². The summed E-state index contributed by atoms with van der Waals surface area (Å²) in [5.74, 6) is 1.91. The molecule has 0 radical (unpaired) electrons. The van der Waals surface area contributed by atoms with Gasteiger partial charge in [0.05, 0.1) is 0 Å². The van der Waals surface area contributed by atoms with Crippen molar-refractivity contribution in [3.8, 4) is 0 Å². The van der Waals surface area contributed by atoms with Gasteiger partial charge in [0.2, 0.25) is 5.91 Å². The van der Waals surface area contributed by atoms with Crippen LogP contribution in [0.3, 0.4) is 0 Å². The van der Waals surface area contributed by atoms with Gasteiger partial charge in [0.1, 0.15) is 0 Å². The molecular formula is C15H25NO3. The Bertz CT molecular complexity index is 342. The van der Waals surface area contributed by atoms with Gasteiger partial charge in [-0.1, -0.05) is 13.3 Å². The number of nitrogens with one attached hydrogen (secondary N) is 1. The molecule has 0 aliphatic heterocycles. The quantitative estimate of drug-likeness (QED) is 0.744. The van der Waals surface area contributed by atoms with Crippen molar-refractivity contribution in [2.75, 3.05) is 6.54 Å². The van der Waals surface area contributed by atoms with Crippen LogP contribution in [0.25, 0.3) is 0 Å². The monoisotopic (exact) mass is 267 g/mol. The fourth-order valence-corrected chi connectivity index (χ4v) is 3.70. The predicted molar refractivity (Wildman–Crippen MR) is 72.6 cm³/mol. The second-order valence-electron chi connectivity index (χ2n) is 6.48. The number of rotatable bonds is 7. The van der Waals surface area contributed by atoms with E-state index < -0.39 is 5.97 Å². The number of aliphatic carboxylic acids is 1. The Morgan fingerprint density at radius 2 is 2.11 bits per heavy atom. The first-order valence-electron chi connectivity index (χ1n) is 7.53. The summed E-state index contributed by atoms with van der Waals surface area (Å²) in [5.41, 5.74) is 0. The van der Waals surface area contributed by atoms with Gasteiger partial charge in [0.25, 0.3) is 0 Å². The van der Waals surface area contributed by atoms with Gasteiger partial charge < -0.3 is 10.4 Å². The summed E-state index contributed by atoms with van der Waals surface area (Å²) in [6.45, 7) is 2.59. The van der Waals surface area contributed by atoms with Crippen molar-refractivity contribution in [3.05, 3.63) is 0 Å². The minimum Gasteiger partial charge on any atom is -0.481 e. The molecule has 4 nitrogen and oxygen atoms in total. The third-order valence-electron chi connectivity index (χ3n) is 4.83. The molecule has 4 heteroatoms. The highest BCUT2D eigenvalue weighted by molar-refractivity contribution is 5.76. The highest BCUT2D eigenvalue weighted by atomic mass is 16.4. The number of carbonyl (C=O) groups excluding carboxylic acids is 1. The summed E-state index contributed by atoms with van der Waals surface area (Å²) in [7, 11) is 0. The van der Waals surface area contributed by atoms with E-state index in [2.05, 4.69) is 5.32 Å². The lowest BCUT2D eigenvalue weighted by Crippen LogP contribution is -2.31. The first-order chi connectivity index (χ1) is 9.04. The van der Waals surface area contributed by atoms with Crippen LogP contribution in [-0.2, 0) is 9.59 Å². The van der Waals surface area contributed by atoms with E-state index >= 15 is 0 Å². The zero-order valence-electron chi connectivity index (χ0n) is 11.7. The third-order valence-corrected chi connectivity index (χ3v) is 4.83. The van der Waals surface area contributed by atoms with E-state index in [1.807, 2.05) is 6.92 Å². The van der Waals surface area contributed by atoms with E-state index in [0.29, 0.717) is 25.3 Å². The Balaban J connectivity index is 1.60. The van der Waals surface area contributed by atoms with Crippen LogP contribution in [0.15, 0.2) is 0 Å². The molecule has 0 aromatic carbocycles. The van der Waals surface area contributed by atoms with Crippen molar-refractivity contribution in [1.82, 2.24) is 5.32 Å². The highest BCUT2D eigenvalue weighted by Gasteiger charge is 2.39. The summed E-state index contributed by atoms with van der Waals surface area (Å²) < 4.78 is 0. The van der Waals surface area contributed by atoms with Crippen molar-refractivity contribution in [2.24, 2.45) is 23.7 Å². The molecule has 2 fully saturated rings. The molecule has 0 spiro atoms. The van der Waals surface area contributed by atoms with Gasteiger partial charge in [0.15, 0.2) is 0 Å². The Labute approximate surface area is 115 Å². The van der Waals surface area contributed by atoms with Crippen molar-refractivity contribution >= 4 is 11.9 Å². The van der Waals surface area contributed by atoms with Crippen molar-refractivity contribution in [1.29, 1.82) is 0 Å². The minimum absolute atomic E-state index is 0.153. The van der Waals surface area contributed by atoms with Crippen LogP contribution in [0.4, 0.5) is 0 Å². The smallest absolute Gasteiger partial charge is 0.303 e. The van der Waals surface area contributed by atoms with Gasteiger partial charge in [-0.2, -0.15) is 0 Å². The average molecular weight is 267 g/mol. The van der Waals surface area contributed by atoms with Crippen LogP contribution >= 0.6 is 0 Å². The number of carbonyl (C=O) groups is 2. The Hall–Kier alpha value is -1.06. The summed E-state index contributed by atoms with van der Waals surface area (Å²) in [5, 5.41) is 11.6. The number of hydrogen-bond donors (Lipinski definition) is 2. The van der Waals surface area contributed by atoms with Crippen molar-refractivity contribution in [2.45, 2.75) is 51.9 Å². The molecule has 0 aromatic heterocycles. The summed E-state index contributed by atoms with van der Waals surface area (Å²) >= 11 is 0. The van der Waals surface area contributed by atoms with Crippen LogP contribution < -0.4 is 5.32 Å². The largest absolute Gasteiger partial charge is 0.481 e. The Morgan fingerprint density at radius 3 is 2.68 bits per heavy atom. The average Bonchev–Trinajstić information content (AvgIpc) is 2.96. The Morgan fingerprint density at radius 1 is 1.32 bits per heavy atom. The van der Waals surface area contributed by atoms with Gasteiger partial charge in [-0.25, -0.2) is 0 Å². The molecule has 1 amide bonds. The molecule has 2 bridgehead atoms. The second-order valence-corrected chi connectivity index (χ2v) is 6.48. The lowest BCUT2D eigenvalue weighted by Gasteiger charge is -2.21. The van der Waals surface area contributed by atoms with E-state index in [0.717, 1.165) is 11.8 Å². The number of carboxylic acids is 1. The molecule has 0 saturated heterocycles. The topological polar surface area (TPSA) is 66.4 Å². The fraction of sp³-hybridized carbons (Fsp3) is 0.867. The van der Waals surface area contributed by atoms with Gasteiger partial charge >= 0.3 is 5.97 Å². The van der Waals surface area contributed by atoms with Crippen molar-refractivity contribution in [3.63, 3.8) is 0 Å². The molecule has 2 aliphatic rings. The second kappa shape index (κ2) is 6.40. The lowest BCUT2D eigenvalue weighted by molar-refractivity contribution is -0.137. The summed E-state index contributed by atoms with van der Waals surface area (Å²) in [4.78, 5) is 22.3. The lowest BCUT2D eigenvalue weighted by atomic mass is 9.86. The van der Waals surface area contributed by atoms with E-state index in [1.165, 1.54) is 25.7 Å². The standard InChI is InChI=1S/C15H25NO3/c1-10(2-5-15(18)19)9-16-14(17)8-13-7-11-3-4-12(13)6-11/h10-13H,2-9H2,1H3,(H,16,17)(H,18,19). The maximum Gasteiger partial charge on any atom is 0.303 e. The summed E-state index contributed by atoms with van der Waals surface area (Å²) in [6, 6.07) is 0. The molecule has 4 atom stereocenters. The number of carboxylic acid groups (broad SMARTS) is 1. The fourth-order valence-electron chi connectivity index (χ4n) is 3.70. The third kappa shape index (κ3) is 4.22. The maximum absolute atomic E-state index is 11.9. The van der Waals surface area contributed by atoms with Crippen LogP contribution in [0.5, 0.6) is 0 Å². The zero-order chi connectivity index (χ0) is 13.8. The van der Waals surface area contributed by atoms with Crippen LogP contribution in [0.2, 0.25) is 0 Å². The number of fused-ring (bicyclic) bond motifs is 2. The van der Waals surface area contributed by atoms with Gasteiger partial charge in [-0.3, -0.25) is 9.59 Å². The minimum atomic E-state index is -0.764. The SMILES string of the molecule is CC(CCC(=O)O)CNC(=O)CC1CC2CCC1C2. The first-order valence-corrected chi connectivity index (χ1v) is 7.53. The first kappa shape index (κ1) is 14.4. The zero-order valence-corrected chi connectivity index (χ0v) is 11.7. The Kier molecular flexibility index (Phi) is 4.83. The van der Waals surface area contributed by atoms with Crippen LogP contribution in [0.1, 0.15) is 51.9 Å². The molecule has 0 aromatic rings. The van der Waals surface area contributed by atoms with E-state index in [4.69, 9.17) is 5.11 Å². The summed E-state index contributed by atoms with van der Waals surface area (Å²) in [6.07, 6.45) is 6.76. The predicted octanol–water partition coefficient (Wildman–Crippen LogP) is 2.43. The normalized spacial score (nSPS) is 30.3. The van der Waals surface area contributed by atoms with Gasteiger partial charge in [-0.15, -0.1) is 0 Å². The number of amides is 1. The van der Waals surface area contributed by atoms with Crippen LogP contribution in [-0.4, -0.2) is 23.5 Å². The van der Waals surface area contributed by atoms with Gasteiger partial charge in [0, 0.05) is 19.4 Å². The molecule has 2 saturated carbocycles. The molecule has 108 valence electrons. The molecule has 19 heavy (non-hydrogen) atoms. The molecule has 2 N–H and O–H groups in total. The molecule has 2 rings (SSSR count). The van der Waals surface area contributed by atoms with E-state index in [1.54, 1.807) is 0 Å². The van der Waals surface area contributed by atoms with E-state index in [-0.39, 0.29) is 18.2 Å². The van der Waals surface area contributed by atoms with Gasteiger partial charge in [-0.05, 0) is 49.4 Å². The van der Waals surface area contributed by atoms with E-state index in [9.17, 15) is 9.59 Å². The molecule has 2 aliphatic carbocycles. The molecule has 4 unspecified atom stereocenters.